The van der Waals surface area contributed by atoms with Gasteiger partial charge in [-0.1, -0.05) is 6.92 Å². The Kier molecular flexibility index (Phi) is 5.07. The zero-order valence-electron chi connectivity index (χ0n) is 11.7. The van der Waals surface area contributed by atoms with Crippen LogP contribution in [0.5, 0.6) is 0 Å². The minimum absolute atomic E-state index is 0.210. The number of nitrogens with two attached hydrogens (primary N) is 1. The Morgan fingerprint density at radius 2 is 2.11 bits per heavy atom. The van der Waals surface area contributed by atoms with Crippen LogP contribution in [0, 0.1) is 12.3 Å². The summed E-state index contributed by atoms with van der Waals surface area (Å²) in [5.74, 6) is 1.93. The molecule has 0 unspecified atom stereocenters. The number of amidine groups is 1. The van der Waals surface area contributed by atoms with Crippen molar-refractivity contribution in [1.82, 2.24) is 9.97 Å². The lowest BCUT2D eigenvalue weighted by Crippen LogP contribution is -2.34. The molecule has 1 aromatic heterocycles. The highest BCUT2D eigenvalue weighted by atomic mass is 15.2. The highest BCUT2D eigenvalue weighted by Gasteiger charge is 2.13. The van der Waals surface area contributed by atoms with Crippen molar-refractivity contribution in [2.24, 2.45) is 5.73 Å². The first kappa shape index (κ1) is 14.4. The lowest BCUT2D eigenvalue weighted by atomic mass is 10.2. The molecule has 0 saturated carbocycles. The van der Waals surface area contributed by atoms with Gasteiger partial charge in [-0.15, -0.1) is 0 Å². The van der Waals surface area contributed by atoms with E-state index in [2.05, 4.69) is 35.6 Å². The maximum absolute atomic E-state index is 7.33. The standard InChI is InChI=1S/C13H23N5/c1-5-11-8-13(17-10(4)16-11)18(9(2)3)7-6-12(14)15/h8-9H,5-7H2,1-4H3,(H3,14,15). The first-order valence-corrected chi connectivity index (χ1v) is 6.38. The van der Waals surface area contributed by atoms with Crippen molar-refractivity contribution in [2.75, 3.05) is 11.4 Å². The molecule has 0 bridgehead atoms. The molecule has 0 aliphatic heterocycles. The summed E-state index contributed by atoms with van der Waals surface area (Å²) in [5.41, 5.74) is 6.48. The fraction of sp³-hybridized carbons (Fsp3) is 0.615. The van der Waals surface area contributed by atoms with Gasteiger partial charge in [0.15, 0.2) is 0 Å². The Balaban J connectivity index is 2.97. The molecule has 18 heavy (non-hydrogen) atoms. The molecule has 0 amide bonds. The molecule has 100 valence electrons. The zero-order valence-corrected chi connectivity index (χ0v) is 11.7. The molecule has 0 saturated heterocycles. The Bertz CT molecular complexity index is 414. The summed E-state index contributed by atoms with van der Waals surface area (Å²) < 4.78 is 0. The first-order chi connectivity index (χ1) is 8.43. The molecule has 1 rings (SSSR count). The molecule has 0 spiro atoms. The lowest BCUT2D eigenvalue weighted by molar-refractivity contribution is 0.674. The quantitative estimate of drug-likeness (QED) is 0.596. The van der Waals surface area contributed by atoms with Crippen LogP contribution >= 0.6 is 0 Å². The van der Waals surface area contributed by atoms with Crippen molar-refractivity contribution in [2.45, 2.75) is 46.6 Å². The Morgan fingerprint density at radius 1 is 1.44 bits per heavy atom. The number of rotatable bonds is 6. The van der Waals surface area contributed by atoms with Gasteiger partial charge in [-0.3, -0.25) is 5.41 Å². The second-order valence-corrected chi connectivity index (χ2v) is 4.68. The van der Waals surface area contributed by atoms with Crippen LogP contribution in [0.1, 0.15) is 38.7 Å². The van der Waals surface area contributed by atoms with Crippen LogP contribution in [0.15, 0.2) is 6.07 Å². The molecular weight excluding hydrogens is 226 g/mol. The molecule has 0 aliphatic rings. The van der Waals surface area contributed by atoms with Crippen LogP contribution in [0.2, 0.25) is 0 Å². The normalized spacial score (nSPS) is 10.7. The molecule has 5 nitrogen and oxygen atoms in total. The van der Waals surface area contributed by atoms with Crippen molar-refractivity contribution in [1.29, 1.82) is 5.41 Å². The van der Waals surface area contributed by atoms with E-state index in [9.17, 15) is 0 Å². The summed E-state index contributed by atoms with van der Waals surface area (Å²) >= 11 is 0. The third-order valence-electron chi connectivity index (χ3n) is 2.78. The number of nitrogens with one attached hydrogen (secondary N) is 1. The number of hydrogen-bond acceptors (Lipinski definition) is 4. The van der Waals surface area contributed by atoms with Crippen molar-refractivity contribution >= 4 is 11.7 Å². The van der Waals surface area contributed by atoms with Gasteiger partial charge in [0, 0.05) is 30.8 Å². The van der Waals surface area contributed by atoms with Gasteiger partial charge in [-0.2, -0.15) is 0 Å². The van der Waals surface area contributed by atoms with Crippen molar-refractivity contribution < 1.29 is 0 Å². The maximum atomic E-state index is 7.33. The summed E-state index contributed by atoms with van der Waals surface area (Å²) in [6.45, 7) is 8.94. The molecule has 0 aliphatic carbocycles. The molecule has 0 radical (unpaired) electrons. The summed E-state index contributed by atoms with van der Waals surface area (Å²) in [5, 5.41) is 7.33. The van der Waals surface area contributed by atoms with Gasteiger partial charge in [-0.05, 0) is 27.2 Å². The number of aromatic nitrogens is 2. The Hall–Kier alpha value is -1.65. The topological polar surface area (TPSA) is 78.9 Å². The van der Waals surface area contributed by atoms with Crippen molar-refractivity contribution in [3.05, 3.63) is 17.6 Å². The van der Waals surface area contributed by atoms with E-state index in [1.54, 1.807) is 0 Å². The van der Waals surface area contributed by atoms with Crippen LogP contribution in [0.3, 0.4) is 0 Å². The van der Waals surface area contributed by atoms with E-state index in [-0.39, 0.29) is 5.84 Å². The Labute approximate surface area is 109 Å². The van der Waals surface area contributed by atoms with Crippen molar-refractivity contribution in [3.8, 4) is 0 Å². The summed E-state index contributed by atoms with van der Waals surface area (Å²) in [4.78, 5) is 11.0. The van der Waals surface area contributed by atoms with Crippen molar-refractivity contribution in [3.63, 3.8) is 0 Å². The molecule has 0 fully saturated rings. The number of aryl methyl sites for hydroxylation is 2. The average Bonchev–Trinajstić information content (AvgIpc) is 2.27. The fourth-order valence-corrected chi connectivity index (χ4v) is 1.82. The van der Waals surface area contributed by atoms with Gasteiger partial charge in [0.1, 0.15) is 11.6 Å². The van der Waals surface area contributed by atoms with Gasteiger partial charge in [0.2, 0.25) is 0 Å². The SMILES string of the molecule is CCc1cc(N(CCC(=N)N)C(C)C)nc(C)n1. The second-order valence-electron chi connectivity index (χ2n) is 4.68. The summed E-state index contributed by atoms with van der Waals surface area (Å²) in [7, 11) is 0. The van der Waals surface area contributed by atoms with E-state index in [1.165, 1.54) is 0 Å². The molecule has 0 atom stereocenters. The molecule has 0 aromatic carbocycles. The third kappa shape index (κ3) is 3.98. The minimum Gasteiger partial charge on any atom is -0.388 e. The lowest BCUT2D eigenvalue weighted by Gasteiger charge is -2.28. The number of anilines is 1. The van der Waals surface area contributed by atoms with Gasteiger partial charge in [0.05, 0.1) is 5.84 Å². The van der Waals surface area contributed by atoms with E-state index in [0.29, 0.717) is 19.0 Å². The van der Waals surface area contributed by atoms with E-state index < -0.39 is 0 Å². The van der Waals surface area contributed by atoms with Gasteiger partial charge < -0.3 is 10.6 Å². The van der Waals surface area contributed by atoms with Gasteiger partial charge >= 0.3 is 0 Å². The van der Waals surface area contributed by atoms with E-state index >= 15 is 0 Å². The predicted octanol–water partition coefficient (Wildman–Crippen LogP) is 1.89. The highest BCUT2D eigenvalue weighted by Crippen LogP contribution is 2.16. The monoisotopic (exact) mass is 249 g/mol. The van der Waals surface area contributed by atoms with Gasteiger partial charge in [-0.25, -0.2) is 9.97 Å². The highest BCUT2D eigenvalue weighted by molar-refractivity contribution is 5.77. The van der Waals surface area contributed by atoms with Crippen LogP contribution in [0.25, 0.3) is 0 Å². The molecule has 3 N–H and O–H groups in total. The average molecular weight is 249 g/mol. The molecule has 1 heterocycles. The van der Waals surface area contributed by atoms with E-state index in [1.807, 2.05) is 13.0 Å². The van der Waals surface area contributed by atoms with E-state index in [0.717, 1.165) is 23.8 Å². The molecular formula is C13H23N5. The maximum Gasteiger partial charge on any atom is 0.132 e. The number of hydrogen-bond donors (Lipinski definition) is 2. The van der Waals surface area contributed by atoms with Crippen LogP contribution in [-0.4, -0.2) is 28.4 Å². The largest absolute Gasteiger partial charge is 0.388 e. The molecule has 5 heteroatoms. The third-order valence-corrected chi connectivity index (χ3v) is 2.78. The smallest absolute Gasteiger partial charge is 0.132 e. The summed E-state index contributed by atoms with van der Waals surface area (Å²) in [6.07, 6.45) is 1.46. The van der Waals surface area contributed by atoms with Crippen LogP contribution < -0.4 is 10.6 Å². The minimum atomic E-state index is 0.210. The van der Waals surface area contributed by atoms with Gasteiger partial charge in [0.25, 0.3) is 0 Å². The predicted molar refractivity (Wildman–Crippen MR) is 75.2 cm³/mol. The zero-order chi connectivity index (χ0) is 13.7. The van der Waals surface area contributed by atoms with E-state index in [4.69, 9.17) is 11.1 Å². The fourth-order valence-electron chi connectivity index (χ4n) is 1.82. The number of nitrogens with zero attached hydrogens (tertiary/aromatic N) is 3. The summed E-state index contributed by atoms with van der Waals surface area (Å²) in [6, 6.07) is 2.34. The Morgan fingerprint density at radius 3 is 2.61 bits per heavy atom. The van der Waals surface area contributed by atoms with Crippen LogP contribution in [0.4, 0.5) is 5.82 Å². The molecule has 1 aromatic rings. The first-order valence-electron chi connectivity index (χ1n) is 6.38. The van der Waals surface area contributed by atoms with Crippen LogP contribution in [-0.2, 0) is 6.42 Å². The second kappa shape index (κ2) is 6.33.